The molecule has 0 aliphatic carbocycles. The average molecular weight is 412 g/mol. The zero-order valence-electron chi connectivity index (χ0n) is 15.4. The molecular formula is C16H19F3N8O2. The van der Waals surface area contributed by atoms with E-state index < -0.39 is 11.9 Å². The van der Waals surface area contributed by atoms with Crippen LogP contribution in [-0.4, -0.2) is 78.3 Å². The van der Waals surface area contributed by atoms with Gasteiger partial charge in [-0.3, -0.25) is 4.98 Å². The summed E-state index contributed by atoms with van der Waals surface area (Å²) in [5.74, 6) is -0.159. The summed E-state index contributed by atoms with van der Waals surface area (Å²) >= 11 is 0. The Morgan fingerprint density at radius 2 is 1.86 bits per heavy atom. The lowest BCUT2D eigenvalue weighted by atomic mass is 10.1. The molecule has 1 unspecified atom stereocenters. The van der Waals surface area contributed by atoms with Crippen LogP contribution in [0.1, 0.15) is 31.0 Å². The van der Waals surface area contributed by atoms with E-state index in [1.807, 2.05) is 0 Å². The van der Waals surface area contributed by atoms with Crippen molar-refractivity contribution < 1.29 is 22.7 Å². The molecule has 10 nitrogen and oxygen atoms in total. The van der Waals surface area contributed by atoms with Gasteiger partial charge in [-0.1, -0.05) is 0 Å². The predicted molar refractivity (Wildman–Crippen MR) is 90.7 cm³/mol. The number of tetrazole rings is 1. The SMILES string of the molecule is O=C(N1CCC(Oc2cncc(C(F)(F)F)n2)CC1)N1CCC(n2cnnn2)C1. The van der Waals surface area contributed by atoms with Crippen molar-refractivity contribution >= 4 is 6.03 Å². The molecule has 0 bridgehead atoms. The first-order valence-corrected chi connectivity index (χ1v) is 9.22. The molecule has 156 valence electrons. The molecule has 1 atom stereocenters. The number of rotatable bonds is 3. The quantitative estimate of drug-likeness (QED) is 0.751. The van der Waals surface area contributed by atoms with Crippen LogP contribution in [0.5, 0.6) is 5.88 Å². The minimum atomic E-state index is -4.57. The molecule has 2 aromatic heterocycles. The zero-order chi connectivity index (χ0) is 20.4. The summed E-state index contributed by atoms with van der Waals surface area (Å²) < 4.78 is 45.4. The summed E-state index contributed by atoms with van der Waals surface area (Å²) in [6.45, 7) is 2.09. The van der Waals surface area contributed by atoms with Crippen molar-refractivity contribution in [3.05, 3.63) is 24.4 Å². The topological polar surface area (TPSA) is 102 Å². The highest BCUT2D eigenvalue weighted by molar-refractivity contribution is 5.75. The maximum atomic E-state index is 12.7. The number of alkyl halides is 3. The summed E-state index contributed by atoms with van der Waals surface area (Å²) in [4.78, 5) is 23.3. The molecule has 2 fully saturated rings. The lowest BCUT2D eigenvalue weighted by Crippen LogP contribution is -2.47. The smallest absolute Gasteiger partial charge is 0.435 e. The van der Waals surface area contributed by atoms with E-state index in [4.69, 9.17) is 4.74 Å². The van der Waals surface area contributed by atoms with Gasteiger partial charge < -0.3 is 14.5 Å². The van der Waals surface area contributed by atoms with E-state index in [2.05, 4.69) is 25.5 Å². The minimum Gasteiger partial charge on any atom is -0.473 e. The van der Waals surface area contributed by atoms with Crippen molar-refractivity contribution in [2.75, 3.05) is 26.2 Å². The van der Waals surface area contributed by atoms with Gasteiger partial charge >= 0.3 is 12.2 Å². The van der Waals surface area contributed by atoms with E-state index >= 15 is 0 Å². The standard InChI is InChI=1S/C16H19F3N8O2/c17-16(18,19)13-7-20-8-14(22-13)29-12-2-5-25(6-3-12)15(28)26-4-1-11(9-26)27-10-21-23-24-27/h7-8,10-12H,1-6,9H2. The number of hydrogen-bond donors (Lipinski definition) is 0. The zero-order valence-corrected chi connectivity index (χ0v) is 15.4. The summed E-state index contributed by atoms with van der Waals surface area (Å²) in [6, 6.07) is 0.00666. The molecule has 29 heavy (non-hydrogen) atoms. The maximum absolute atomic E-state index is 12.7. The second kappa shape index (κ2) is 7.79. The molecular weight excluding hydrogens is 393 g/mol. The molecule has 2 saturated heterocycles. The van der Waals surface area contributed by atoms with Gasteiger partial charge in [-0.25, -0.2) is 14.5 Å². The third-order valence-electron chi connectivity index (χ3n) is 5.08. The number of amides is 2. The van der Waals surface area contributed by atoms with Crippen molar-refractivity contribution in [3.63, 3.8) is 0 Å². The van der Waals surface area contributed by atoms with E-state index in [-0.39, 0.29) is 24.1 Å². The Morgan fingerprint density at radius 3 is 2.55 bits per heavy atom. The van der Waals surface area contributed by atoms with Gasteiger partial charge in [0, 0.05) is 39.0 Å². The highest BCUT2D eigenvalue weighted by atomic mass is 19.4. The van der Waals surface area contributed by atoms with E-state index in [0.29, 0.717) is 45.2 Å². The number of urea groups is 1. The first kappa shape index (κ1) is 19.3. The van der Waals surface area contributed by atoms with Crippen LogP contribution in [0.15, 0.2) is 18.7 Å². The van der Waals surface area contributed by atoms with Crippen LogP contribution in [0.4, 0.5) is 18.0 Å². The van der Waals surface area contributed by atoms with E-state index in [9.17, 15) is 18.0 Å². The number of carbonyl (C=O) groups excluding carboxylic acids is 1. The fourth-order valence-corrected chi connectivity index (χ4v) is 3.54. The molecule has 0 radical (unpaired) electrons. The molecule has 2 aliphatic rings. The van der Waals surface area contributed by atoms with E-state index in [0.717, 1.165) is 12.6 Å². The minimum absolute atomic E-state index is 0.0575. The van der Waals surface area contributed by atoms with Gasteiger partial charge in [-0.2, -0.15) is 13.2 Å². The van der Waals surface area contributed by atoms with Gasteiger partial charge in [0.05, 0.1) is 18.4 Å². The molecule has 0 N–H and O–H groups in total. The van der Waals surface area contributed by atoms with Crippen LogP contribution in [0.25, 0.3) is 0 Å². The Hall–Kier alpha value is -2.99. The number of piperidine rings is 1. The number of ether oxygens (including phenoxy) is 1. The van der Waals surface area contributed by atoms with Crippen molar-refractivity contribution in [2.45, 2.75) is 37.6 Å². The summed E-state index contributed by atoms with van der Waals surface area (Å²) in [5.41, 5.74) is -1.09. The first-order chi connectivity index (χ1) is 13.9. The molecule has 13 heteroatoms. The van der Waals surface area contributed by atoms with Gasteiger partial charge in [0.25, 0.3) is 0 Å². The maximum Gasteiger partial charge on any atom is 0.435 e. The van der Waals surface area contributed by atoms with Crippen LogP contribution < -0.4 is 4.74 Å². The number of likely N-dealkylation sites (tertiary alicyclic amines) is 2. The fourth-order valence-electron chi connectivity index (χ4n) is 3.54. The molecule has 2 aromatic rings. The number of hydrogen-bond acceptors (Lipinski definition) is 7. The van der Waals surface area contributed by atoms with Gasteiger partial charge in [-0.05, 0) is 16.8 Å². The van der Waals surface area contributed by atoms with E-state index in [1.54, 1.807) is 14.5 Å². The van der Waals surface area contributed by atoms with Gasteiger partial charge in [0.1, 0.15) is 12.4 Å². The molecule has 0 saturated carbocycles. The molecule has 0 spiro atoms. The van der Waals surface area contributed by atoms with Crippen molar-refractivity contribution in [2.24, 2.45) is 0 Å². The Kier molecular flexibility index (Phi) is 5.20. The van der Waals surface area contributed by atoms with Crippen LogP contribution in [0.3, 0.4) is 0 Å². The Morgan fingerprint density at radius 1 is 1.10 bits per heavy atom. The molecule has 4 rings (SSSR count). The number of halogens is 3. The van der Waals surface area contributed by atoms with Gasteiger partial charge in [0.2, 0.25) is 5.88 Å². The third kappa shape index (κ3) is 4.38. The Bertz CT molecular complexity index is 839. The summed E-state index contributed by atoms with van der Waals surface area (Å²) in [7, 11) is 0. The molecule has 2 aliphatic heterocycles. The van der Waals surface area contributed by atoms with E-state index in [1.165, 1.54) is 6.33 Å². The lowest BCUT2D eigenvalue weighted by molar-refractivity contribution is -0.141. The van der Waals surface area contributed by atoms with Gasteiger partial charge in [-0.15, -0.1) is 5.10 Å². The summed E-state index contributed by atoms with van der Waals surface area (Å²) in [6.07, 6.45) is 0.273. The van der Waals surface area contributed by atoms with Crippen LogP contribution in [0.2, 0.25) is 0 Å². The number of carbonyl (C=O) groups is 1. The second-order valence-corrected chi connectivity index (χ2v) is 7.01. The predicted octanol–water partition coefficient (Wildman–Crippen LogP) is 1.39. The molecule has 0 aromatic carbocycles. The largest absolute Gasteiger partial charge is 0.473 e. The third-order valence-corrected chi connectivity index (χ3v) is 5.08. The van der Waals surface area contributed by atoms with Crippen LogP contribution in [-0.2, 0) is 6.18 Å². The highest BCUT2D eigenvalue weighted by Crippen LogP contribution is 2.29. The van der Waals surface area contributed by atoms with Crippen LogP contribution in [0, 0.1) is 0 Å². The average Bonchev–Trinajstić information content (AvgIpc) is 3.39. The van der Waals surface area contributed by atoms with Crippen LogP contribution >= 0.6 is 0 Å². The lowest BCUT2D eigenvalue weighted by Gasteiger charge is -2.34. The fraction of sp³-hybridized carbons (Fsp3) is 0.625. The van der Waals surface area contributed by atoms with Gasteiger partial charge in [0.15, 0.2) is 5.69 Å². The van der Waals surface area contributed by atoms with Crippen molar-refractivity contribution in [3.8, 4) is 5.88 Å². The van der Waals surface area contributed by atoms with Crippen molar-refractivity contribution in [1.29, 1.82) is 0 Å². The highest BCUT2D eigenvalue weighted by Gasteiger charge is 2.35. The second-order valence-electron chi connectivity index (χ2n) is 7.01. The molecule has 4 heterocycles. The first-order valence-electron chi connectivity index (χ1n) is 9.22. The number of nitrogens with zero attached hydrogens (tertiary/aromatic N) is 8. The Labute approximate surface area is 163 Å². The van der Waals surface area contributed by atoms with Crippen molar-refractivity contribution in [1.82, 2.24) is 40.0 Å². The number of aromatic nitrogens is 6. The Balaban J connectivity index is 1.28. The molecule has 2 amide bonds. The summed E-state index contributed by atoms with van der Waals surface area (Å²) in [5, 5.41) is 11.1. The monoisotopic (exact) mass is 412 g/mol. The normalized spacial score (nSPS) is 20.9.